The quantitative estimate of drug-likeness (QED) is 0.753. The molecule has 0 spiro atoms. The van der Waals surface area contributed by atoms with E-state index in [2.05, 4.69) is 64.7 Å². The Labute approximate surface area is 190 Å². The van der Waals surface area contributed by atoms with Crippen molar-refractivity contribution in [1.82, 2.24) is 15.3 Å². The Bertz CT molecular complexity index is 1010. The Morgan fingerprint density at radius 1 is 1.06 bits per heavy atom. The third kappa shape index (κ3) is 4.39. The van der Waals surface area contributed by atoms with Gasteiger partial charge < -0.3 is 9.47 Å². The second-order valence-electron chi connectivity index (χ2n) is 8.71. The highest BCUT2D eigenvalue weighted by molar-refractivity contribution is 5.77. The molecule has 3 aliphatic heterocycles. The number of para-hydroxylation sites is 1. The van der Waals surface area contributed by atoms with Crippen LogP contribution in [-0.4, -0.2) is 68.9 Å². The lowest BCUT2D eigenvalue weighted by atomic mass is 10.00. The molecule has 1 atom stereocenters. The van der Waals surface area contributed by atoms with E-state index in [1.165, 1.54) is 16.7 Å². The molecule has 5 rings (SSSR count). The number of benzene rings is 2. The second-order valence-corrected chi connectivity index (χ2v) is 8.71. The van der Waals surface area contributed by atoms with Crippen molar-refractivity contribution in [3.63, 3.8) is 0 Å². The molecule has 0 aliphatic carbocycles. The van der Waals surface area contributed by atoms with E-state index in [0.29, 0.717) is 6.61 Å². The van der Waals surface area contributed by atoms with Gasteiger partial charge in [-0.3, -0.25) is 20.1 Å². The maximum absolute atomic E-state index is 6.05. The molecule has 3 aliphatic rings. The zero-order chi connectivity index (χ0) is 21.9. The first-order valence-corrected chi connectivity index (χ1v) is 11.3. The average molecular weight is 434 g/mol. The lowest BCUT2D eigenvalue weighted by Gasteiger charge is -2.36. The molecule has 6 heteroatoms. The van der Waals surface area contributed by atoms with Crippen molar-refractivity contribution in [2.45, 2.75) is 13.0 Å². The average Bonchev–Trinajstić information content (AvgIpc) is 3.23. The van der Waals surface area contributed by atoms with Crippen LogP contribution in [0.1, 0.15) is 18.1 Å². The Balaban J connectivity index is 1.17. The van der Waals surface area contributed by atoms with Crippen molar-refractivity contribution in [2.75, 3.05) is 53.0 Å². The molecule has 0 aromatic heterocycles. The molecular formula is C26H31N3O3. The molecule has 0 bridgehead atoms. The standard InChI is InChI=1S/C26H31N3O3/c1-19(15-20-7-4-3-5-8-20)16-28-11-13-29(14-12-28)17-24-22-18-31-26-21(25(22)27-32-24)9-6-10-23(26)30-2/h3-10,15,24,27H,11-14,16-18H2,1-2H3. The molecule has 32 heavy (non-hydrogen) atoms. The van der Waals surface area contributed by atoms with Crippen LogP contribution in [0.2, 0.25) is 0 Å². The zero-order valence-corrected chi connectivity index (χ0v) is 18.8. The SMILES string of the molecule is COc1cccc2c1OCC1=C2NOC1CN1CCN(CC(C)=Cc2ccccc2)CC1. The summed E-state index contributed by atoms with van der Waals surface area (Å²) in [6.07, 6.45) is 2.30. The van der Waals surface area contributed by atoms with Gasteiger partial charge in [-0.15, -0.1) is 0 Å². The van der Waals surface area contributed by atoms with Gasteiger partial charge in [-0.25, -0.2) is 0 Å². The van der Waals surface area contributed by atoms with Gasteiger partial charge in [0.15, 0.2) is 11.5 Å². The van der Waals surface area contributed by atoms with Crippen LogP contribution in [0.3, 0.4) is 0 Å². The number of ether oxygens (including phenoxy) is 2. The minimum Gasteiger partial charge on any atom is -0.493 e. The summed E-state index contributed by atoms with van der Waals surface area (Å²) in [4.78, 5) is 11.0. The van der Waals surface area contributed by atoms with Crippen molar-refractivity contribution in [3.05, 3.63) is 70.8 Å². The van der Waals surface area contributed by atoms with Crippen molar-refractivity contribution >= 4 is 11.8 Å². The highest BCUT2D eigenvalue weighted by Crippen LogP contribution is 2.41. The van der Waals surface area contributed by atoms with Crippen LogP contribution in [-0.2, 0) is 4.84 Å². The third-order valence-corrected chi connectivity index (χ3v) is 6.43. The number of rotatable bonds is 6. The van der Waals surface area contributed by atoms with Crippen LogP contribution >= 0.6 is 0 Å². The molecule has 0 radical (unpaired) electrons. The normalized spacial score (nSPS) is 21.6. The molecular weight excluding hydrogens is 402 g/mol. The van der Waals surface area contributed by atoms with E-state index in [4.69, 9.17) is 14.3 Å². The van der Waals surface area contributed by atoms with Gasteiger partial charge in [0.05, 0.1) is 12.8 Å². The number of methoxy groups -OCH3 is 1. The van der Waals surface area contributed by atoms with E-state index < -0.39 is 0 Å². The molecule has 2 aromatic carbocycles. The summed E-state index contributed by atoms with van der Waals surface area (Å²) in [6.45, 7) is 8.89. The lowest BCUT2D eigenvalue weighted by Crippen LogP contribution is -2.49. The summed E-state index contributed by atoms with van der Waals surface area (Å²) in [6, 6.07) is 16.5. The summed E-state index contributed by atoms with van der Waals surface area (Å²) in [5.41, 5.74) is 9.07. The highest BCUT2D eigenvalue weighted by atomic mass is 16.7. The topological polar surface area (TPSA) is 46.2 Å². The van der Waals surface area contributed by atoms with Gasteiger partial charge >= 0.3 is 0 Å². The number of nitrogens with zero attached hydrogens (tertiary/aromatic N) is 2. The molecule has 1 unspecified atom stereocenters. The molecule has 168 valence electrons. The monoisotopic (exact) mass is 433 g/mol. The van der Waals surface area contributed by atoms with E-state index in [0.717, 1.165) is 62.0 Å². The minimum atomic E-state index is 0.00983. The predicted octanol–water partition coefficient (Wildman–Crippen LogP) is 3.42. The number of nitrogens with one attached hydrogen (secondary N) is 1. The second kappa shape index (κ2) is 9.36. The Kier molecular flexibility index (Phi) is 6.17. The molecule has 0 amide bonds. The molecule has 6 nitrogen and oxygen atoms in total. The summed E-state index contributed by atoms with van der Waals surface area (Å²) in [5, 5.41) is 0. The summed E-state index contributed by atoms with van der Waals surface area (Å²) >= 11 is 0. The Morgan fingerprint density at radius 2 is 1.84 bits per heavy atom. The number of piperazine rings is 1. The highest BCUT2D eigenvalue weighted by Gasteiger charge is 2.35. The van der Waals surface area contributed by atoms with E-state index in [1.807, 2.05) is 12.1 Å². The first-order valence-electron chi connectivity index (χ1n) is 11.3. The van der Waals surface area contributed by atoms with E-state index in [1.54, 1.807) is 7.11 Å². The number of fused-ring (bicyclic) bond motifs is 2. The van der Waals surface area contributed by atoms with Gasteiger partial charge in [-0.2, -0.15) is 0 Å². The first kappa shape index (κ1) is 21.1. The minimum absolute atomic E-state index is 0.00983. The largest absolute Gasteiger partial charge is 0.493 e. The smallest absolute Gasteiger partial charge is 0.171 e. The first-order chi connectivity index (χ1) is 15.7. The van der Waals surface area contributed by atoms with Crippen LogP contribution in [0.15, 0.2) is 59.7 Å². The number of hydroxylamine groups is 1. The van der Waals surface area contributed by atoms with Crippen LogP contribution in [0, 0.1) is 0 Å². The fourth-order valence-corrected chi connectivity index (χ4v) is 4.74. The summed E-state index contributed by atoms with van der Waals surface area (Å²) in [5.74, 6) is 1.55. The van der Waals surface area contributed by atoms with E-state index >= 15 is 0 Å². The van der Waals surface area contributed by atoms with Crippen molar-refractivity contribution in [2.24, 2.45) is 0 Å². The maximum atomic E-state index is 6.05. The number of hydrogen-bond donors (Lipinski definition) is 1. The van der Waals surface area contributed by atoms with E-state index in [9.17, 15) is 0 Å². The maximum Gasteiger partial charge on any atom is 0.171 e. The van der Waals surface area contributed by atoms with Gasteiger partial charge in [0, 0.05) is 50.4 Å². The lowest BCUT2D eigenvalue weighted by molar-refractivity contribution is 0.0117. The fourth-order valence-electron chi connectivity index (χ4n) is 4.74. The predicted molar refractivity (Wildman–Crippen MR) is 126 cm³/mol. The van der Waals surface area contributed by atoms with Crippen LogP contribution in [0.5, 0.6) is 11.5 Å². The third-order valence-electron chi connectivity index (χ3n) is 6.43. The molecule has 2 aromatic rings. The van der Waals surface area contributed by atoms with Gasteiger partial charge in [0.2, 0.25) is 0 Å². The molecule has 1 N–H and O–H groups in total. The molecule has 1 saturated heterocycles. The van der Waals surface area contributed by atoms with Gasteiger partial charge in [0.25, 0.3) is 0 Å². The van der Waals surface area contributed by atoms with Crippen molar-refractivity contribution in [3.8, 4) is 11.5 Å². The molecule has 1 fully saturated rings. The summed E-state index contributed by atoms with van der Waals surface area (Å²) < 4.78 is 11.5. The Morgan fingerprint density at radius 3 is 2.62 bits per heavy atom. The van der Waals surface area contributed by atoms with Crippen molar-refractivity contribution in [1.29, 1.82) is 0 Å². The van der Waals surface area contributed by atoms with Gasteiger partial charge in [0.1, 0.15) is 12.7 Å². The molecule has 3 heterocycles. The van der Waals surface area contributed by atoms with E-state index in [-0.39, 0.29) is 6.10 Å². The fraction of sp³-hybridized carbons (Fsp3) is 0.385. The van der Waals surface area contributed by atoms with Crippen LogP contribution in [0.4, 0.5) is 0 Å². The van der Waals surface area contributed by atoms with Gasteiger partial charge in [-0.05, 0) is 24.6 Å². The van der Waals surface area contributed by atoms with Gasteiger partial charge in [-0.1, -0.05) is 48.0 Å². The molecule has 0 saturated carbocycles. The van der Waals surface area contributed by atoms with Crippen LogP contribution in [0.25, 0.3) is 11.8 Å². The Hall–Kier alpha value is -2.80. The zero-order valence-electron chi connectivity index (χ0n) is 18.8. The van der Waals surface area contributed by atoms with Crippen LogP contribution < -0.4 is 15.0 Å². The summed E-state index contributed by atoms with van der Waals surface area (Å²) in [7, 11) is 1.67. The van der Waals surface area contributed by atoms with Crippen molar-refractivity contribution < 1.29 is 14.3 Å². The number of hydrogen-bond acceptors (Lipinski definition) is 6.